The van der Waals surface area contributed by atoms with Crippen LogP contribution in [-0.4, -0.2) is 15.6 Å². The molecular formula is C16H18ClN3O. The van der Waals surface area contributed by atoms with E-state index in [1.807, 2.05) is 32.2 Å². The Kier molecular flexibility index (Phi) is 3.83. The molecule has 5 heteroatoms. The van der Waals surface area contributed by atoms with Crippen LogP contribution in [0.1, 0.15) is 39.8 Å². The van der Waals surface area contributed by atoms with Gasteiger partial charge in [0.05, 0.1) is 22.8 Å². The van der Waals surface area contributed by atoms with E-state index in [9.17, 15) is 4.79 Å². The van der Waals surface area contributed by atoms with E-state index in [1.54, 1.807) is 4.68 Å². The van der Waals surface area contributed by atoms with Crippen molar-refractivity contribution in [2.45, 2.75) is 32.9 Å². The summed E-state index contributed by atoms with van der Waals surface area (Å²) < 4.78 is 1.72. The molecule has 4 nitrogen and oxygen atoms in total. The highest BCUT2D eigenvalue weighted by molar-refractivity contribution is 6.32. The number of nitrogens with one attached hydrogen (secondary N) is 1. The Bertz CT molecular complexity index is 706. The number of Topliss-reactive ketones (excluding diaryl/α,β-unsaturated/α-hetero) is 1. The van der Waals surface area contributed by atoms with Gasteiger partial charge in [-0.2, -0.15) is 5.10 Å². The molecule has 2 aromatic rings. The van der Waals surface area contributed by atoms with Gasteiger partial charge in [0, 0.05) is 25.7 Å². The van der Waals surface area contributed by atoms with Crippen molar-refractivity contribution in [2.24, 2.45) is 7.05 Å². The number of carbonyl (C=O) groups excluding carboxylic acids is 1. The lowest BCUT2D eigenvalue weighted by Crippen LogP contribution is -2.09. The SMILES string of the molecule is CCc1nn(C)c(CC(=O)c2ccc3c(c2)CNC3)c1Cl. The van der Waals surface area contributed by atoms with Crippen molar-refractivity contribution in [3.05, 3.63) is 51.3 Å². The van der Waals surface area contributed by atoms with Gasteiger partial charge in [-0.1, -0.05) is 30.7 Å². The van der Waals surface area contributed by atoms with Crippen molar-refractivity contribution in [1.29, 1.82) is 0 Å². The number of carbonyl (C=O) groups is 1. The van der Waals surface area contributed by atoms with Gasteiger partial charge in [0.15, 0.2) is 5.78 Å². The number of aromatic nitrogens is 2. The number of ketones is 1. The molecule has 1 aliphatic heterocycles. The number of benzene rings is 1. The van der Waals surface area contributed by atoms with Gasteiger partial charge in [-0.05, 0) is 23.6 Å². The fourth-order valence-corrected chi connectivity index (χ4v) is 3.09. The van der Waals surface area contributed by atoms with Gasteiger partial charge in [-0.3, -0.25) is 9.48 Å². The molecule has 110 valence electrons. The molecule has 0 aliphatic carbocycles. The van der Waals surface area contributed by atoms with Gasteiger partial charge < -0.3 is 5.32 Å². The normalized spacial score (nSPS) is 13.5. The Morgan fingerprint density at radius 1 is 1.38 bits per heavy atom. The minimum absolute atomic E-state index is 0.0808. The second kappa shape index (κ2) is 5.62. The number of hydrogen-bond acceptors (Lipinski definition) is 3. The Morgan fingerprint density at radius 3 is 2.86 bits per heavy atom. The molecule has 0 fully saturated rings. The predicted octanol–water partition coefficient (Wildman–Crippen LogP) is 2.66. The Labute approximate surface area is 129 Å². The third kappa shape index (κ3) is 2.61. The van der Waals surface area contributed by atoms with Crippen LogP contribution in [0, 0.1) is 0 Å². The van der Waals surface area contributed by atoms with Gasteiger partial charge in [0.2, 0.25) is 0 Å². The van der Waals surface area contributed by atoms with Crippen molar-refractivity contribution in [1.82, 2.24) is 15.1 Å². The molecule has 0 amide bonds. The zero-order chi connectivity index (χ0) is 15.0. The molecule has 1 aliphatic rings. The lowest BCUT2D eigenvalue weighted by molar-refractivity contribution is 0.0990. The van der Waals surface area contributed by atoms with Crippen molar-refractivity contribution in [3.8, 4) is 0 Å². The summed E-state index contributed by atoms with van der Waals surface area (Å²) in [6, 6.07) is 5.92. The van der Waals surface area contributed by atoms with Crippen molar-refractivity contribution in [2.75, 3.05) is 0 Å². The van der Waals surface area contributed by atoms with E-state index in [4.69, 9.17) is 11.6 Å². The maximum atomic E-state index is 12.5. The summed E-state index contributed by atoms with van der Waals surface area (Å²) in [6.07, 6.45) is 1.06. The summed E-state index contributed by atoms with van der Waals surface area (Å²) in [5.41, 5.74) is 4.87. The van der Waals surface area contributed by atoms with Crippen LogP contribution in [-0.2, 0) is 33.0 Å². The first-order chi connectivity index (χ1) is 10.1. The topological polar surface area (TPSA) is 46.9 Å². The Morgan fingerprint density at radius 2 is 2.14 bits per heavy atom. The first-order valence-electron chi connectivity index (χ1n) is 7.16. The Hall–Kier alpha value is -1.65. The van der Waals surface area contributed by atoms with Crippen molar-refractivity contribution in [3.63, 3.8) is 0 Å². The molecule has 0 saturated heterocycles. The molecular weight excluding hydrogens is 286 g/mol. The lowest BCUT2D eigenvalue weighted by Gasteiger charge is -2.05. The summed E-state index contributed by atoms with van der Waals surface area (Å²) in [7, 11) is 1.83. The molecule has 0 spiro atoms. The molecule has 0 unspecified atom stereocenters. The van der Waals surface area contributed by atoms with E-state index in [2.05, 4.69) is 10.4 Å². The number of rotatable bonds is 4. The average molecular weight is 304 g/mol. The molecule has 3 rings (SSSR count). The van der Waals surface area contributed by atoms with E-state index in [0.717, 1.165) is 36.5 Å². The first kappa shape index (κ1) is 14.3. The number of hydrogen-bond donors (Lipinski definition) is 1. The Balaban J connectivity index is 1.85. The second-order valence-corrected chi connectivity index (χ2v) is 5.75. The third-order valence-corrected chi connectivity index (χ3v) is 4.43. The van der Waals surface area contributed by atoms with Crippen molar-refractivity contribution < 1.29 is 4.79 Å². The molecule has 2 heterocycles. The molecule has 0 bridgehead atoms. The van der Waals surface area contributed by atoms with Gasteiger partial charge in [-0.15, -0.1) is 0 Å². The van der Waals surface area contributed by atoms with Gasteiger partial charge in [-0.25, -0.2) is 0 Å². The summed E-state index contributed by atoms with van der Waals surface area (Å²) in [5, 5.41) is 8.26. The maximum absolute atomic E-state index is 12.5. The van der Waals surface area contributed by atoms with Gasteiger partial charge in [0.1, 0.15) is 0 Å². The smallest absolute Gasteiger partial charge is 0.168 e. The molecule has 1 N–H and O–H groups in total. The molecule has 21 heavy (non-hydrogen) atoms. The zero-order valence-corrected chi connectivity index (χ0v) is 13.0. The number of aryl methyl sites for hydroxylation is 2. The van der Waals surface area contributed by atoms with Crippen LogP contribution >= 0.6 is 11.6 Å². The van der Waals surface area contributed by atoms with Crippen LogP contribution in [0.15, 0.2) is 18.2 Å². The largest absolute Gasteiger partial charge is 0.309 e. The van der Waals surface area contributed by atoms with Crippen LogP contribution in [0.2, 0.25) is 5.02 Å². The fourth-order valence-electron chi connectivity index (χ4n) is 2.73. The summed E-state index contributed by atoms with van der Waals surface area (Å²) in [5.74, 6) is 0.0808. The molecule has 1 aromatic carbocycles. The predicted molar refractivity (Wildman–Crippen MR) is 82.6 cm³/mol. The number of nitrogens with zero attached hydrogens (tertiary/aromatic N) is 2. The highest BCUT2D eigenvalue weighted by Gasteiger charge is 2.18. The van der Waals surface area contributed by atoms with Crippen LogP contribution in [0.5, 0.6) is 0 Å². The minimum atomic E-state index is 0.0808. The van der Waals surface area contributed by atoms with Crippen LogP contribution < -0.4 is 5.32 Å². The van der Waals surface area contributed by atoms with Crippen LogP contribution in [0.4, 0.5) is 0 Å². The third-order valence-electron chi connectivity index (χ3n) is 3.99. The van der Waals surface area contributed by atoms with E-state index >= 15 is 0 Å². The van der Waals surface area contributed by atoms with Gasteiger partial charge in [0.25, 0.3) is 0 Å². The molecule has 0 radical (unpaired) electrons. The van der Waals surface area contributed by atoms with E-state index in [0.29, 0.717) is 5.02 Å². The average Bonchev–Trinajstić information content (AvgIpc) is 3.05. The number of halogens is 1. The zero-order valence-electron chi connectivity index (χ0n) is 12.2. The maximum Gasteiger partial charge on any atom is 0.168 e. The summed E-state index contributed by atoms with van der Waals surface area (Å²) >= 11 is 6.31. The molecule has 0 saturated carbocycles. The summed E-state index contributed by atoms with van der Waals surface area (Å²) in [4.78, 5) is 12.5. The van der Waals surface area contributed by atoms with E-state index in [1.165, 1.54) is 11.1 Å². The highest BCUT2D eigenvalue weighted by atomic mass is 35.5. The van der Waals surface area contributed by atoms with Gasteiger partial charge >= 0.3 is 0 Å². The number of fused-ring (bicyclic) bond motifs is 1. The van der Waals surface area contributed by atoms with Crippen LogP contribution in [0.3, 0.4) is 0 Å². The van der Waals surface area contributed by atoms with E-state index < -0.39 is 0 Å². The highest BCUT2D eigenvalue weighted by Crippen LogP contribution is 2.23. The summed E-state index contributed by atoms with van der Waals surface area (Å²) in [6.45, 7) is 3.73. The fraction of sp³-hybridized carbons (Fsp3) is 0.375. The minimum Gasteiger partial charge on any atom is -0.309 e. The first-order valence-corrected chi connectivity index (χ1v) is 7.54. The molecule has 0 atom stereocenters. The monoisotopic (exact) mass is 303 g/mol. The van der Waals surface area contributed by atoms with Crippen molar-refractivity contribution >= 4 is 17.4 Å². The molecule has 1 aromatic heterocycles. The quantitative estimate of drug-likeness (QED) is 0.883. The van der Waals surface area contributed by atoms with Crippen LogP contribution in [0.25, 0.3) is 0 Å². The van der Waals surface area contributed by atoms with E-state index in [-0.39, 0.29) is 12.2 Å². The lowest BCUT2D eigenvalue weighted by atomic mass is 10.0. The second-order valence-electron chi connectivity index (χ2n) is 5.37. The standard InChI is InChI=1S/C16H18ClN3O/c1-3-13-16(17)14(20(2)19-13)7-15(21)10-4-5-11-8-18-9-12(11)6-10/h4-6,18H,3,7-9H2,1-2H3.